The molecule has 1 atom stereocenters. The first kappa shape index (κ1) is 18.7. The van der Waals surface area contributed by atoms with Crippen LogP contribution in [0.4, 0.5) is 4.79 Å². The second-order valence-electron chi connectivity index (χ2n) is 6.12. The Balaban J connectivity index is 1.81. The van der Waals surface area contributed by atoms with Crippen LogP contribution in [0.1, 0.15) is 31.7 Å². The zero-order chi connectivity index (χ0) is 17.6. The Kier molecular flexibility index (Phi) is 6.62. The number of carbonyl (C=O) groups excluding carboxylic acids is 1. The number of benzene rings is 1. The lowest BCUT2D eigenvalue weighted by Gasteiger charge is -2.16. The van der Waals surface area contributed by atoms with Gasteiger partial charge in [0.25, 0.3) is 10.1 Å². The minimum atomic E-state index is -3.75. The molecule has 7 heteroatoms. The van der Waals surface area contributed by atoms with Gasteiger partial charge in [-0.3, -0.25) is 4.18 Å². The van der Waals surface area contributed by atoms with Crippen molar-refractivity contribution >= 4 is 16.2 Å². The van der Waals surface area contributed by atoms with Crippen molar-refractivity contribution in [1.82, 2.24) is 4.90 Å². The number of unbranched alkanes of at least 4 members (excludes halogenated alkanes) is 1. The summed E-state index contributed by atoms with van der Waals surface area (Å²) in [6.07, 6.45) is 2.21. The molecule has 1 saturated heterocycles. The molecule has 0 unspecified atom stereocenters. The molecular weight excluding hydrogens is 330 g/mol. The van der Waals surface area contributed by atoms with Crippen LogP contribution in [0.2, 0.25) is 0 Å². The summed E-state index contributed by atoms with van der Waals surface area (Å²) in [5.41, 5.74) is 0.988. The molecular formula is C17H25NO5S. The number of ether oxygens (including phenoxy) is 1. The first-order valence-corrected chi connectivity index (χ1v) is 9.71. The highest BCUT2D eigenvalue weighted by molar-refractivity contribution is 7.86. The number of carbonyl (C=O) groups is 1. The number of nitrogens with zero attached hydrogens (tertiary/aromatic N) is 1. The highest BCUT2D eigenvalue weighted by Gasteiger charge is 2.29. The molecule has 0 aromatic heterocycles. The van der Waals surface area contributed by atoms with Crippen molar-refractivity contribution < 1.29 is 22.1 Å². The van der Waals surface area contributed by atoms with Gasteiger partial charge in [0.1, 0.15) is 0 Å². The lowest BCUT2D eigenvalue weighted by atomic mass is 10.1. The maximum atomic E-state index is 12.2. The van der Waals surface area contributed by atoms with Crippen molar-refractivity contribution in [2.45, 2.75) is 38.0 Å². The van der Waals surface area contributed by atoms with Crippen molar-refractivity contribution in [2.24, 2.45) is 5.92 Å². The number of hydrogen-bond donors (Lipinski definition) is 0. The molecule has 2 rings (SSSR count). The highest BCUT2D eigenvalue weighted by Crippen LogP contribution is 2.20. The molecule has 1 amide bonds. The van der Waals surface area contributed by atoms with Crippen LogP contribution in [0.15, 0.2) is 29.2 Å². The van der Waals surface area contributed by atoms with Crippen molar-refractivity contribution in [3.63, 3.8) is 0 Å². The molecule has 1 aromatic carbocycles. The third-order valence-electron chi connectivity index (χ3n) is 4.04. The number of likely N-dealkylation sites (tertiary alicyclic amines) is 1. The molecule has 1 fully saturated rings. The van der Waals surface area contributed by atoms with Crippen molar-refractivity contribution in [3.05, 3.63) is 29.8 Å². The predicted octanol–water partition coefficient (Wildman–Crippen LogP) is 2.96. The van der Waals surface area contributed by atoms with Crippen LogP contribution < -0.4 is 0 Å². The third-order valence-corrected chi connectivity index (χ3v) is 5.33. The zero-order valence-electron chi connectivity index (χ0n) is 14.2. The summed E-state index contributed by atoms with van der Waals surface area (Å²) in [5, 5.41) is 0. The summed E-state index contributed by atoms with van der Waals surface area (Å²) in [5.74, 6) is 0.00366. The van der Waals surface area contributed by atoms with Gasteiger partial charge in [0, 0.05) is 19.0 Å². The van der Waals surface area contributed by atoms with Crippen LogP contribution in [0, 0.1) is 12.8 Å². The van der Waals surface area contributed by atoms with Crippen LogP contribution in [-0.2, 0) is 19.0 Å². The Morgan fingerprint density at radius 2 is 2.00 bits per heavy atom. The van der Waals surface area contributed by atoms with Crippen molar-refractivity contribution in [1.29, 1.82) is 0 Å². The van der Waals surface area contributed by atoms with Gasteiger partial charge in [-0.2, -0.15) is 8.42 Å². The van der Waals surface area contributed by atoms with Crippen molar-refractivity contribution in [2.75, 3.05) is 26.3 Å². The monoisotopic (exact) mass is 355 g/mol. The number of aryl methyl sites for hydroxylation is 1. The minimum absolute atomic E-state index is 0.00366. The Morgan fingerprint density at radius 3 is 2.67 bits per heavy atom. The molecule has 0 saturated carbocycles. The van der Waals surface area contributed by atoms with E-state index in [4.69, 9.17) is 8.92 Å². The topological polar surface area (TPSA) is 72.9 Å². The normalized spacial score (nSPS) is 17.9. The average molecular weight is 355 g/mol. The standard InChI is InChI=1S/C17H25NO5S/c1-3-4-11-22-17(19)18-10-9-15(12-18)13-23-24(20,21)16-7-5-14(2)6-8-16/h5-8,15H,3-4,9-13H2,1-2H3/t15-/m0/s1. The molecule has 0 bridgehead atoms. The second kappa shape index (κ2) is 8.48. The lowest BCUT2D eigenvalue weighted by molar-refractivity contribution is 0.107. The molecule has 0 spiro atoms. The minimum Gasteiger partial charge on any atom is -0.449 e. The van der Waals surface area contributed by atoms with Gasteiger partial charge in [0.15, 0.2) is 0 Å². The first-order chi connectivity index (χ1) is 11.4. The van der Waals surface area contributed by atoms with E-state index in [1.54, 1.807) is 17.0 Å². The van der Waals surface area contributed by atoms with Crippen LogP contribution in [0.5, 0.6) is 0 Å². The van der Waals surface area contributed by atoms with Gasteiger partial charge in [-0.1, -0.05) is 31.0 Å². The molecule has 134 valence electrons. The summed E-state index contributed by atoms with van der Waals surface area (Å²) >= 11 is 0. The van der Waals surface area contributed by atoms with Gasteiger partial charge in [0.2, 0.25) is 0 Å². The highest BCUT2D eigenvalue weighted by atomic mass is 32.2. The van der Waals surface area contributed by atoms with E-state index in [1.165, 1.54) is 12.1 Å². The van der Waals surface area contributed by atoms with E-state index in [2.05, 4.69) is 0 Å². The number of amides is 1. The fraction of sp³-hybridized carbons (Fsp3) is 0.588. The fourth-order valence-corrected chi connectivity index (χ4v) is 3.47. The molecule has 0 N–H and O–H groups in total. The SMILES string of the molecule is CCCCOC(=O)N1CC[C@H](COS(=O)(=O)c2ccc(C)cc2)C1. The quantitative estimate of drug-likeness (QED) is 0.555. The summed E-state index contributed by atoms with van der Waals surface area (Å²) in [4.78, 5) is 13.6. The van der Waals surface area contributed by atoms with Crippen LogP contribution >= 0.6 is 0 Å². The Hall–Kier alpha value is -1.60. The van der Waals surface area contributed by atoms with E-state index >= 15 is 0 Å². The Morgan fingerprint density at radius 1 is 1.29 bits per heavy atom. The van der Waals surface area contributed by atoms with Crippen molar-refractivity contribution in [3.8, 4) is 0 Å². The van der Waals surface area contributed by atoms with Crippen LogP contribution in [0.25, 0.3) is 0 Å². The maximum Gasteiger partial charge on any atom is 0.409 e. The van der Waals surface area contributed by atoms with Gasteiger partial charge in [-0.05, 0) is 31.9 Å². The predicted molar refractivity (Wildman–Crippen MR) is 90.3 cm³/mol. The summed E-state index contributed by atoms with van der Waals surface area (Å²) in [6.45, 7) is 5.47. The van der Waals surface area contributed by atoms with Gasteiger partial charge in [0.05, 0.1) is 18.1 Å². The number of hydrogen-bond acceptors (Lipinski definition) is 5. The van der Waals surface area contributed by atoms with E-state index in [9.17, 15) is 13.2 Å². The molecule has 1 aliphatic rings. The van der Waals surface area contributed by atoms with E-state index in [0.29, 0.717) is 26.1 Å². The average Bonchev–Trinajstić information content (AvgIpc) is 3.03. The van der Waals surface area contributed by atoms with Gasteiger partial charge >= 0.3 is 6.09 Å². The molecule has 1 aliphatic heterocycles. The molecule has 24 heavy (non-hydrogen) atoms. The smallest absolute Gasteiger partial charge is 0.409 e. The Bertz CT molecular complexity index is 641. The maximum absolute atomic E-state index is 12.2. The largest absolute Gasteiger partial charge is 0.449 e. The van der Waals surface area contributed by atoms with Gasteiger partial charge in [-0.25, -0.2) is 4.79 Å². The molecule has 6 nitrogen and oxygen atoms in total. The van der Waals surface area contributed by atoms with Crippen LogP contribution in [-0.4, -0.2) is 45.7 Å². The second-order valence-corrected chi connectivity index (χ2v) is 7.74. The van der Waals surface area contributed by atoms with E-state index in [0.717, 1.165) is 18.4 Å². The molecule has 1 aromatic rings. The van der Waals surface area contributed by atoms with Gasteiger partial charge in [-0.15, -0.1) is 0 Å². The zero-order valence-corrected chi connectivity index (χ0v) is 15.0. The molecule has 0 aliphatic carbocycles. The third kappa shape index (κ3) is 5.21. The summed E-state index contributed by atoms with van der Waals surface area (Å²) in [6, 6.07) is 6.55. The Labute approximate surface area is 143 Å². The van der Waals surface area contributed by atoms with E-state index in [1.807, 2.05) is 13.8 Å². The molecule has 0 radical (unpaired) electrons. The van der Waals surface area contributed by atoms with E-state index in [-0.39, 0.29) is 23.5 Å². The fourth-order valence-electron chi connectivity index (χ4n) is 2.49. The summed E-state index contributed by atoms with van der Waals surface area (Å²) in [7, 11) is -3.75. The first-order valence-electron chi connectivity index (χ1n) is 8.30. The van der Waals surface area contributed by atoms with Crippen LogP contribution in [0.3, 0.4) is 0 Å². The van der Waals surface area contributed by atoms with E-state index < -0.39 is 10.1 Å². The summed E-state index contributed by atoms with van der Waals surface area (Å²) < 4.78 is 34.7. The molecule has 1 heterocycles. The lowest BCUT2D eigenvalue weighted by Crippen LogP contribution is -2.30. The van der Waals surface area contributed by atoms with Gasteiger partial charge < -0.3 is 9.64 Å². The number of rotatable bonds is 7.